The molecular formula is C21H34O2. The number of hydrogen-bond acceptors (Lipinski definition) is 2. The molecule has 1 unspecified atom stereocenters. The number of aryl methyl sites for hydroxylation is 1. The molecule has 130 valence electrons. The van der Waals surface area contributed by atoms with Gasteiger partial charge in [0.25, 0.3) is 0 Å². The predicted molar refractivity (Wildman–Crippen MR) is 96.8 cm³/mol. The first-order chi connectivity index (χ1) is 11.0. The first-order valence-corrected chi connectivity index (χ1v) is 9.36. The average molecular weight is 319 g/mol. The van der Waals surface area contributed by atoms with Crippen molar-refractivity contribution in [1.82, 2.24) is 0 Å². The van der Waals surface area contributed by atoms with E-state index in [-0.39, 0.29) is 11.7 Å². The normalized spacial score (nSPS) is 17.9. The Balaban J connectivity index is 1.86. The molecule has 0 heterocycles. The molecule has 2 nitrogen and oxygen atoms in total. The van der Waals surface area contributed by atoms with Gasteiger partial charge in [-0.25, -0.2) is 0 Å². The van der Waals surface area contributed by atoms with Crippen molar-refractivity contribution in [2.75, 3.05) is 6.61 Å². The van der Waals surface area contributed by atoms with Gasteiger partial charge in [0.2, 0.25) is 6.29 Å². The summed E-state index contributed by atoms with van der Waals surface area (Å²) >= 11 is 0. The molecule has 0 bridgehead atoms. The number of benzene rings is 1. The molecule has 0 aliphatic heterocycles. The Bertz CT molecular complexity index is 438. The highest BCUT2D eigenvalue weighted by molar-refractivity contribution is 5.27. The molecule has 0 N–H and O–H groups in total. The van der Waals surface area contributed by atoms with Crippen LogP contribution in [0.5, 0.6) is 5.75 Å². The highest BCUT2D eigenvalue weighted by atomic mass is 16.7. The van der Waals surface area contributed by atoms with Gasteiger partial charge in [0.15, 0.2) is 0 Å². The summed E-state index contributed by atoms with van der Waals surface area (Å²) < 4.78 is 12.3. The summed E-state index contributed by atoms with van der Waals surface area (Å²) in [6.07, 6.45) is 9.00. The summed E-state index contributed by atoms with van der Waals surface area (Å²) in [6.45, 7) is 9.51. The van der Waals surface area contributed by atoms with Gasteiger partial charge in [-0.2, -0.15) is 0 Å². The van der Waals surface area contributed by atoms with E-state index in [1.165, 1.54) is 44.1 Å². The van der Waals surface area contributed by atoms with E-state index >= 15 is 0 Å². The fourth-order valence-corrected chi connectivity index (χ4v) is 3.21. The summed E-state index contributed by atoms with van der Waals surface area (Å²) in [7, 11) is 0. The molecule has 1 aromatic rings. The van der Waals surface area contributed by atoms with Crippen molar-refractivity contribution in [3.05, 3.63) is 29.8 Å². The maximum atomic E-state index is 6.15. The molecule has 2 rings (SSSR count). The van der Waals surface area contributed by atoms with Crippen LogP contribution < -0.4 is 4.74 Å². The van der Waals surface area contributed by atoms with Crippen molar-refractivity contribution < 1.29 is 9.47 Å². The van der Waals surface area contributed by atoms with E-state index in [1.807, 2.05) is 0 Å². The molecule has 1 fully saturated rings. The van der Waals surface area contributed by atoms with Crippen LogP contribution in [-0.2, 0) is 11.2 Å². The van der Waals surface area contributed by atoms with Gasteiger partial charge in [0.05, 0.1) is 6.61 Å². The molecule has 0 amide bonds. The zero-order chi connectivity index (χ0) is 16.7. The Morgan fingerprint density at radius 3 is 2.26 bits per heavy atom. The van der Waals surface area contributed by atoms with Crippen LogP contribution in [0.15, 0.2) is 24.3 Å². The molecular weight excluding hydrogens is 284 g/mol. The van der Waals surface area contributed by atoms with Gasteiger partial charge in [-0.05, 0) is 36.5 Å². The van der Waals surface area contributed by atoms with Crippen LogP contribution in [0.25, 0.3) is 0 Å². The monoisotopic (exact) mass is 318 g/mol. The van der Waals surface area contributed by atoms with Crippen molar-refractivity contribution in [1.29, 1.82) is 0 Å². The highest BCUT2D eigenvalue weighted by Crippen LogP contribution is 2.29. The molecule has 1 saturated carbocycles. The molecule has 1 atom stereocenters. The maximum absolute atomic E-state index is 6.15. The summed E-state index contributed by atoms with van der Waals surface area (Å²) in [5.74, 6) is 1.76. The highest BCUT2D eigenvalue weighted by Gasteiger charge is 2.28. The molecule has 0 radical (unpaired) electrons. The fourth-order valence-electron chi connectivity index (χ4n) is 3.21. The van der Waals surface area contributed by atoms with Crippen molar-refractivity contribution in [2.24, 2.45) is 11.3 Å². The lowest BCUT2D eigenvalue weighted by Gasteiger charge is -2.31. The largest absolute Gasteiger partial charge is 0.464 e. The van der Waals surface area contributed by atoms with Gasteiger partial charge in [-0.15, -0.1) is 0 Å². The van der Waals surface area contributed by atoms with Crippen LogP contribution in [0, 0.1) is 11.3 Å². The average Bonchev–Trinajstić information content (AvgIpc) is 2.54. The first kappa shape index (κ1) is 18.3. The fraction of sp³-hybridized carbons (Fsp3) is 0.714. The minimum atomic E-state index is -0.196. The van der Waals surface area contributed by atoms with Crippen molar-refractivity contribution in [3.8, 4) is 5.75 Å². The van der Waals surface area contributed by atoms with E-state index < -0.39 is 0 Å². The number of ether oxygens (including phenoxy) is 2. The Labute approximate surface area is 142 Å². The first-order valence-electron chi connectivity index (χ1n) is 9.36. The Morgan fingerprint density at radius 2 is 1.70 bits per heavy atom. The smallest absolute Gasteiger partial charge is 0.204 e. The SMILES string of the molecule is CCc1ccc(OC(OCCC2CCCCC2)C(C)(C)C)cc1. The third kappa shape index (κ3) is 6.18. The Morgan fingerprint density at radius 1 is 1.04 bits per heavy atom. The lowest BCUT2D eigenvalue weighted by molar-refractivity contribution is -0.143. The summed E-state index contributed by atoms with van der Waals surface area (Å²) in [5, 5.41) is 0. The minimum Gasteiger partial charge on any atom is -0.464 e. The molecule has 0 saturated heterocycles. The van der Waals surface area contributed by atoms with Crippen LogP contribution >= 0.6 is 0 Å². The van der Waals surface area contributed by atoms with Crippen LogP contribution in [-0.4, -0.2) is 12.9 Å². The van der Waals surface area contributed by atoms with Gasteiger partial charge in [-0.3, -0.25) is 0 Å². The Kier molecular flexibility index (Phi) is 6.95. The maximum Gasteiger partial charge on any atom is 0.204 e. The topological polar surface area (TPSA) is 18.5 Å². The quantitative estimate of drug-likeness (QED) is 0.575. The van der Waals surface area contributed by atoms with Crippen molar-refractivity contribution in [2.45, 2.75) is 78.9 Å². The lowest BCUT2D eigenvalue weighted by atomic mass is 9.87. The second-order valence-electron chi connectivity index (χ2n) is 7.98. The second kappa shape index (κ2) is 8.73. The summed E-state index contributed by atoms with van der Waals surface area (Å²) in [4.78, 5) is 0. The van der Waals surface area contributed by atoms with Crippen LogP contribution in [0.2, 0.25) is 0 Å². The molecule has 0 spiro atoms. The zero-order valence-electron chi connectivity index (χ0n) is 15.4. The van der Waals surface area contributed by atoms with Gasteiger partial charge in [0.1, 0.15) is 5.75 Å². The van der Waals surface area contributed by atoms with Crippen molar-refractivity contribution in [3.63, 3.8) is 0 Å². The van der Waals surface area contributed by atoms with Gasteiger partial charge >= 0.3 is 0 Å². The van der Waals surface area contributed by atoms with Crippen molar-refractivity contribution >= 4 is 0 Å². The lowest BCUT2D eigenvalue weighted by Crippen LogP contribution is -2.35. The molecule has 1 aliphatic rings. The molecule has 23 heavy (non-hydrogen) atoms. The molecule has 2 heteroatoms. The van der Waals surface area contributed by atoms with Crippen LogP contribution in [0.1, 0.15) is 71.8 Å². The number of rotatable bonds is 7. The van der Waals surface area contributed by atoms with Gasteiger partial charge in [-0.1, -0.05) is 71.9 Å². The van der Waals surface area contributed by atoms with E-state index in [2.05, 4.69) is 52.0 Å². The molecule has 1 aliphatic carbocycles. The second-order valence-corrected chi connectivity index (χ2v) is 7.98. The Hall–Kier alpha value is -1.02. The molecule has 0 aromatic heterocycles. The van der Waals surface area contributed by atoms with Crippen LogP contribution in [0.3, 0.4) is 0 Å². The van der Waals surface area contributed by atoms with Gasteiger partial charge < -0.3 is 9.47 Å². The van der Waals surface area contributed by atoms with Crippen LogP contribution in [0.4, 0.5) is 0 Å². The van der Waals surface area contributed by atoms with E-state index in [4.69, 9.17) is 9.47 Å². The predicted octanol–water partition coefficient (Wildman–Crippen LogP) is 5.99. The third-order valence-electron chi connectivity index (χ3n) is 4.80. The number of hydrogen-bond donors (Lipinski definition) is 0. The van der Waals surface area contributed by atoms with E-state index in [0.29, 0.717) is 0 Å². The molecule has 1 aromatic carbocycles. The zero-order valence-corrected chi connectivity index (χ0v) is 15.4. The summed E-state index contributed by atoms with van der Waals surface area (Å²) in [6, 6.07) is 8.39. The van der Waals surface area contributed by atoms with E-state index in [1.54, 1.807) is 0 Å². The summed E-state index contributed by atoms with van der Waals surface area (Å²) in [5.41, 5.74) is 1.30. The van der Waals surface area contributed by atoms with E-state index in [0.717, 1.165) is 24.7 Å². The third-order valence-corrected chi connectivity index (χ3v) is 4.80. The van der Waals surface area contributed by atoms with E-state index in [9.17, 15) is 0 Å². The standard InChI is InChI=1S/C21H34O2/c1-5-17-11-13-19(14-12-17)23-20(21(2,3)4)22-16-15-18-9-7-6-8-10-18/h11-14,18,20H,5-10,15-16H2,1-4H3. The van der Waals surface area contributed by atoms with Gasteiger partial charge in [0, 0.05) is 5.41 Å². The minimum absolute atomic E-state index is 0.0318.